The van der Waals surface area contributed by atoms with E-state index in [0.29, 0.717) is 28.8 Å². The van der Waals surface area contributed by atoms with Crippen LogP contribution in [0, 0.1) is 0 Å². The summed E-state index contributed by atoms with van der Waals surface area (Å²) in [6, 6.07) is 4.89. The first-order valence-electron chi connectivity index (χ1n) is 7.37. The molecule has 6 nitrogen and oxygen atoms in total. The molecule has 2 rings (SSSR count). The highest BCUT2D eigenvalue weighted by Gasteiger charge is 2.18. The van der Waals surface area contributed by atoms with Crippen molar-refractivity contribution in [2.24, 2.45) is 0 Å². The van der Waals surface area contributed by atoms with Gasteiger partial charge in [0, 0.05) is 31.9 Å². The molecule has 1 heterocycles. The summed E-state index contributed by atoms with van der Waals surface area (Å²) in [5, 5.41) is 6.75. The van der Waals surface area contributed by atoms with Gasteiger partial charge in [-0.15, -0.1) is 12.4 Å². The normalized spacial score (nSPS) is 14.2. The molecule has 1 aromatic rings. The second-order valence-electron chi connectivity index (χ2n) is 5.48. The number of benzene rings is 1. The molecule has 1 aliphatic rings. The van der Waals surface area contributed by atoms with E-state index < -0.39 is 0 Å². The lowest BCUT2D eigenvalue weighted by atomic mass is 10.3. The van der Waals surface area contributed by atoms with Crippen LogP contribution >= 0.6 is 35.6 Å². The first kappa shape index (κ1) is 21.0. The first-order valence-corrected chi connectivity index (χ1v) is 8.13. The van der Waals surface area contributed by atoms with Gasteiger partial charge in [0.15, 0.2) is 0 Å². The van der Waals surface area contributed by atoms with Gasteiger partial charge >= 0.3 is 0 Å². The van der Waals surface area contributed by atoms with Crippen molar-refractivity contribution in [3.63, 3.8) is 0 Å². The van der Waals surface area contributed by atoms with Gasteiger partial charge < -0.3 is 15.5 Å². The Morgan fingerprint density at radius 1 is 1.21 bits per heavy atom. The summed E-state index contributed by atoms with van der Waals surface area (Å²) in [5.74, 6) is -0.171. The fourth-order valence-electron chi connectivity index (χ4n) is 2.32. The number of hydrogen-bond acceptors (Lipinski definition) is 4. The van der Waals surface area contributed by atoms with E-state index in [-0.39, 0.29) is 37.3 Å². The molecule has 2 amide bonds. The minimum Gasteiger partial charge on any atom is -0.339 e. The Morgan fingerprint density at radius 3 is 2.50 bits per heavy atom. The number of amides is 2. The van der Waals surface area contributed by atoms with Crippen LogP contribution < -0.4 is 10.6 Å². The molecule has 0 unspecified atom stereocenters. The van der Waals surface area contributed by atoms with Gasteiger partial charge in [0.2, 0.25) is 11.8 Å². The molecule has 0 radical (unpaired) electrons. The predicted molar refractivity (Wildman–Crippen MR) is 99.3 cm³/mol. The largest absolute Gasteiger partial charge is 0.339 e. The molecule has 24 heavy (non-hydrogen) atoms. The molecule has 134 valence electrons. The molecule has 0 bridgehead atoms. The van der Waals surface area contributed by atoms with E-state index in [1.54, 1.807) is 30.1 Å². The van der Waals surface area contributed by atoms with E-state index in [1.807, 2.05) is 4.90 Å². The van der Waals surface area contributed by atoms with Gasteiger partial charge in [0.05, 0.1) is 23.1 Å². The number of hydrogen-bond donors (Lipinski definition) is 2. The van der Waals surface area contributed by atoms with Gasteiger partial charge in [-0.25, -0.2) is 0 Å². The summed E-state index contributed by atoms with van der Waals surface area (Å²) in [5.41, 5.74) is 0.575. The number of halogens is 3. The van der Waals surface area contributed by atoms with Crippen LogP contribution in [0.25, 0.3) is 0 Å². The molecule has 9 heteroatoms. The molecule has 0 aromatic heterocycles. The van der Waals surface area contributed by atoms with E-state index in [2.05, 4.69) is 10.6 Å². The summed E-state index contributed by atoms with van der Waals surface area (Å²) in [7, 11) is 1.74. The number of rotatable bonds is 5. The number of anilines is 1. The van der Waals surface area contributed by atoms with Crippen molar-refractivity contribution >= 4 is 53.1 Å². The molecule has 1 aliphatic heterocycles. The average Bonchev–Trinajstić information content (AvgIpc) is 2.51. The highest BCUT2D eigenvalue weighted by atomic mass is 35.5. The van der Waals surface area contributed by atoms with Crippen molar-refractivity contribution in [2.45, 2.75) is 0 Å². The Labute approximate surface area is 157 Å². The third-order valence-electron chi connectivity index (χ3n) is 3.49. The average molecular weight is 396 g/mol. The second kappa shape index (κ2) is 10.1. The molecule has 0 spiro atoms. The second-order valence-corrected chi connectivity index (χ2v) is 6.29. The highest BCUT2D eigenvalue weighted by molar-refractivity contribution is 6.42. The highest BCUT2D eigenvalue weighted by Crippen LogP contribution is 2.24. The first-order chi connectivity index (χ1) is 11.0. The van der Waals surface area contributed by atoms with Crippen molar-refractivity contribution in [1.82, 2.24) is 15.1 Å². The van der Waals surface area contributed by atoms with E-state index >= 15 is 0 Å². The third kappa shape index (κ3) is 6.45. The molecule has 2 N–H and O–H groups in total. The summed E-state index contributed by atoms with van der Waals surface area (Å²) in [4.78, 5) is 27.6. The Kier molecular flexibility index (Phi) is 8.80. The van der Waals surface area contributed by atoms with Crippen LogP contribution in [0.3, 0.4) is 0 Å². The van der Waals surface area contributed by atoms with Crippen LogP contribution in [0.1, 0.15) is 0 Å². The quantitative estimate of drug-likeness (QED) is 0.797. The Bertz CT molecular complexity index is 580. The fraction of sp³-hybridized carbons (Fsp3) is 0.467. The van der Waals surface area contributed by atoms with Crippen LogP contribution in [-0.2, 0) is 9.59 Å². The molecule has 0 aliphatic carbocycles. The maximum atomic E-state index is 12.1. The topological polar surface area (TPSA) is 64.7 Å². The maximum absolute atomic E-state index is 12.1. The van der Waals surface area contributed by atoms with Gasteiger partial charge in [0.25, 0.3) is 0 Å². The number of likely N-dealkylation sites (N-methyl/N-ethyl adjacent to an activating group) is 1. The summed E-state index contributed by atoms with van der Waals surface area (Å²) < 4.78 is 0. The number of piperazine rings is 1. The molecule has 1 aromatic carbocycles. The fourth-order valence-corrected chi connectivity index (χ4v) is 2.62. The molecular weight excluding hydrogens is 375 g/mol. The minimum absolute atomic E-state index is 0. The van der Waals surface area contributed by atoms with Crippen LogP contribution in [0.5, 0.6) is 0 Å². The van der Waals surface area contributed by atoms with Crippen molar-refractivity contribution in [3.8, 4) is 0 Å². The number of nitrogens with zero attached hydrogens (tertiary/aromatic N) is 2. The number of carbonyl (C=O) groups excluding carboxylic acids is 2. The molecular formula is C15H21Cl3N4O2. The zero-order valence-electron chi connectivity index (χ0n) is 13.3. The molecule has 1 saturated heterocycles. The molecule has 0 saturated carbocycles. The minimum atomic E-state index is -0.209. The van der Waals surface area contributed by atoms with E-state index in [0.717, 1.165) is 13.1 Å². The number of nitrogens with one attached hydrogen (secondary N) is 2. The predicted octanol–water partition coefficient (Wildman–Crippen LogP) is 1.72. The van der Waals surface area contributed by atoms with Crippen molar-refractivity contribution < 1.29 is 9.59 Å². The standard InChI is InChI=1S/C15H20Cl2N4O2.ClH/c1-20(10-15(23)21-6-4-18-5-7-21)9-14(22)19-11-2-3-12(16)13(17)8-11;/h2-3,8,18H,4-7,9-10H2,1H3,(H,19,22);1H. The van der Waals surface area contributed by atoms with E-state index in [4.69, 9.17) is 23.2 Å². The third-order valence-corrected chi connectivity index (χ3v) is 4.23. The van der Waals surface area contributed by atoms with Crippen LogP contribution in [0.15, 0.2) is 18.2 Å². The van der Waals surface area contributed by atoms with Crippen molar-refractivity contribution in [3.05, 3.63) is 28.2 Å². The summed E-state index contributed by atoms with van der Waals surface area (Å²) in [6.07, 6.45) is 0. The number of carbonyl (C=O) groups is 2. The molecule has 0 atom stereocenters. The lowest BCUT2D eigenvalue weighted by Crippen LogP contribution is -2.49. The Balaban J connectivity index is 0.00000288. The van der Waals surface area contributed by atoms with E-state index in [1.165, 1.54) is 0 Å². The van der Waals surface area contributed by atoms with Gasteiger partial charge in [-0.2, -0.15) is 0 Å². The van der Waals surface area contributed by atoms with Gasteiger partial charge in [-0.3, -0.25) is 14.5 Å². The zero-order chi connectivity index (χ0) is 16.8. The Morgan fingerprint density at radius 2 is 1.88 bits per heavy atom. The van der Waals surface area contributed by atoms with Gasteiger partial charge in [-0.05, 0) is 25.2 Å². The maximum Gasteiger partial charge on any atom is 0.238 e. The molecule has 1 fully saturated rings. The van der Waals surface area contributed by atoms with Crippen LogP contribution in [-0.4, -0.2) is 67.9 Å². The van der Waals surface area contributed by atoms with E-state index in [9.17, 15) is 9.59 Å². The van der Waals surface area contributed by atoms with Gasteiger partial charge in [0.1, 0.15) is 0 Å². The zero-order valence-corrected chi connectivity index (χ0v) is 15.7. The van der Waals surface area contributed by atoms with Gasteiger partial charge in [-0.1, -0.05) is 23.2 Å². The SMILES string of the molecule is CN(CC(=O)Nc1ccc(Cl)c(Cl)c1)CC(=O)N1CCNCC1.Cl. The Hall–Kier alpha value is -1.05. The smallest absolute Gasteiger partial charge is 0.238 e. The lowest BCUT2D eigenvalue weighted by Gasteiger charge is -2.29. The summed E-state index contributed by atoms with van der Waals surface area (Å²) >= 11 is 11.7. The van der Waals surface area contributed by atoms with Crippen LogP contribution in [0.4, 0.5) is 5.69 Å². The monoisotopic (exact) mass is 394 g/mol. The van der Waals surface area contributed by atoms with Crippen LogP contribution in [0.2, 0.25) is 10.0 Å². The summed E-state index contributed by atoms with van der Waals surface area (Å²) in [6.45, 7) is 3.39. The lowest BCUT2D eigenvalue weighted by molar-refractivity contribution is -0.133. The van der Waals surface area contributed by atoms with Crippen molar-refractivity contribution in [2.75, 3.05) is 51.6 Å². The van der Waals surface area contributed by atoms with Crippen molar-refractivity contribution in [1.29, 1.82) is 0 Å².